The van der Waals surface area contributed by atoms with Crippen molar-refractivity contribution in [1.29, 1.82) is 5.26 Å². The van der Waals surface area contributed by atoms with Crippen LogP contribution in [0.3, 0.4) is 0 Å². The maximum Gasteiger partial charge on any atom is 0.267 e. The molecule has 3 N–H and O–H groups in total. The molecule has 1 saturated carbocycles. The Labute approximate surface area is 150 Å². The first kappa shape index (κ1) is 17.3. The summed E-state index contributed by atoms with van der Waals surface area (Å²) in [6, 6.07) is 8.90. The molecule has 25 heavy (non-hydrogen) atoms. The second-order valence-corrected chi connectivity index (χ2v) is 6.64. The van der Waals surface area contributed by atoms with Gasteiger partial charge in [0.25, 0.3) is 5.91 Å². The molecule has 2 amide bonds. The quantitative estimate of drug-likeness (QED) is 0.733. The van der Waals surface area contributed by atoms with E-state index >= 15 is 0 Å². The summed E-state index contributed by atoms with van der Waals surface area (Å²) in [5.74, 6) is -0.734. The number of nitriles is 1. The number of halogens is 1. The molecule has 2 atom stereocenters. The zero-order valence-electron chi connectivity index (χ0n) is 13.6. The number of fused-ring (bicyclic) bond motifs is 1. The highest BCUT2D eigenvalue weighted by Crippen LogP contribution is 2.26. The van der Waals surface area contributed by atoms with Gasteiger partial charge in [-0.15, -0.1) is 0 Å². The molecule has 0 aliphatic heterocycles. The summed E-state index contributed by atoms with van der Waals surface area (Å²) in [4.78, 5) is 27.9. The van der Waals surface area contributed by atoms with Crippen LogP contribution >= 0.6 is 11.6 Å². The van der Waals surface area contributed by atoms with Crippen LogP contribution in [-0.4, -0.2) is 29.4 Å². The van der Waals surface area contributed by atoms with Crippen LogP contribution in [0.4, 0.5) is 0 Å². The Balaban J connectivity index is 1.74. The molecule has 1 aliphatic rings. The minimum absolute atomic E-state index is 0.0173. The number of benzene rings is 1. The molecular weight excluding hydrogens is 340 g/mol. The lowest BCUT2D eigenvalue weighted by Gasteiger charge is -2.30. The van der Waals surface area contributed by atoms with Crippen LogP contribution in [0.1, 0.15) is 36.2 Å². The van der Waals surface area contributed by atoms with Gasteiger partial charge >= 0.3 is 0 Å². The third-order valence-electron chi connectivity index (χ3n) is 4.61. The van der Waals surface area contributed by atoms with E-state index in [9.17, 15) is 9.59 Å². The standard InChI is InChI=1S/C18H19ClN4O2/c19-13-6-3-4-11-10-15(22-16(11)13)18(25)23-14-7-2-1-5-12(14)17(24)21-9-8-20/h3-4,6,10,12,14,22H,1-2,5,7,9H2,(H,21,24)(H,23,25)/t12-,14+/m1/s1. The van der Waals surface area contributed by atoms with Gasteiger partial charge in [0, 0.05) is 11.4 Å². The summed E-state index contributed by atoms with van der Waals surface area (Å²) < 4.78 is 0. The maximum absolute atomic E-state index is 12.6. The van der Waals surface area contributed by atoms with Gasteiger partial charge in [-0.1, -0.05) is 36.6 Å². The second-order valence-electron chi connectivity index (χ2n) is 6.23. The monoisotopic (exact) mass is 358 g/mol. The number of carbonyl (C=O) groups excluding carboxylic acids is 2. The summed E-state index contributed by atoms with van der Waals surface area (Å²) in [6.45, 7) is -0.0173. The Morgan fingerprint density at radius 1 is 1.32 bits per heavy atom. The van der Waals surface area contributed by atoms with Crippen molar-refractivity contribution in [1.82, 2.24) is 15.6 Å². The van der Waals surface area contributed by atoms with Crippen LogP contribution in [0.2, 0.25) is 5.02 Å². The number of aromatic amines is 1. The van der Waals surface area contributed by atoms with E-state index < -0.39 is 0 Å². The SMILES string of the molecule is N#CCNC(=O)[C@@H]1CCCC[C@@H]1NC(=O)c1cc2cccc(Cl)c2[nH]1. The Hall–Kier alpha value is -2.52. The van der Waals surface area contributed by atoms with E-state index in [4.69, 9.17) is 16.9 Å². The maximum atomic E-state index is 12.6. The number of H-pyrrole nitrogens is 1. The predicted molar refractivity (Wildman–Crippen MR) is 95.1 cm³/mol. The van der Waals surface area contributed by atoms with Gasteiger partial charge in [-0.05, 0) is 25.0 Å². The third-order valence-corrected chi connectivity index (χ3v) is 4.93. The fraction of sp³-hybridized carbons (Fsp3) is 0.389. The molecule has 7 heteroatoms. The molecule has 3 rings (SSSR count). The molecule has 1 aromatic carbocycles. The molecule has 1 aromatic heterocycles. The summed E-state index contributed by atoms with van der Waals surface area (Å²) in [5.41, 5.74) is 1.14. The van der Waals surface area contributed by atoms with Gasteiger partial charge in [0.2, 0.25) is 5.91 Å². The van der Waals surface area contributed by atoms with Crippen molar-refractivity contribution in [3.63, 3.8) is 0 Å². The minimum atomic E-state index is -0.306. The summed E-state index contributed by atoms with van der Waals surface area (Å²) in [6.07, 6.45) is 3.36. The van der Waals surface area contributed by atoms with Crippen molar-refractivity contribution in [3.05, 3.63) is 35.0 Å². The van der Waals surface area contributed by atoms with E-state index in [1.54, 1.807) is 12.1 Å². The molecule has 6 nitrogen and oxygen atoms in total. The van der Waals surface area contributed by atoms with Crippen molar-refractivity contribution in [2.24, 2.45) is 5.92 Å². The van der Waals surface area contributed by atoms with Crippen LogP contribution < -0.4 is 10.6 Å². The third kappa shape index (κ3) is 3.77. The first-order chi connectivity index (χ1) is 12.1. The topological polar surface area (TPSA) is 97.8 Å². The Kier molecular flexibility index (Phi) is 5.25. The largest absolute Gasteiger partial charge is 0.349 e. The van der Waals surface area contributed by atoms with E-state index in [0.717, 1.165) is 30.2 Å². The average Bonchev–Trinajstić information content (AvgIpc) is 3.06. The van der Waals surface area contributed by atoms with E-state index in [1.807, 2.05) is 18.2 Å². The van der Waals surface area contributed by atoms with Crippen molar-refractivity contribution in [3.8, 4) is 6.07 Å². The zero-order chi connectivity index (χ0) is 17.8. The lowest BCUT2D eigenvalue weighted by molar-refractivity contribution is -0.126. The van der Waals surface area contributed by atoms with Gasteiger partial charge in [-0.3, -0.25) is 9.59 Å². The molecule has 0 saturated heterocycles. The highest BCUT2D eigenvalue weighted by molar-refractivity contribution is 6.35. The number of amides is 2. The highest BCUT2D eigenvalue weighted by Gasteiger charge is 2.32. The normalized spacial score (nSPS) is 20.0. The fourth-order valence-corrected chi connectivity index (χ4v) is 3.59. The van der Waals surface area contributed by atoms with Crippen molar-refractivity contribution in [2.75, 3.05) is 6.54 Å². The molecule has 2 aromatic rings. The van der Waals surface area contributed by atoms with Gasteiger partial charge in [-0.2, -0.15) is 5.26 Å². The van der Waals surface area contributed by atoms with E-state index in [0.29, 0.717) is 17.1 Å². The van der Waals surface area contributed by atoms with E-state index in [-0.39, 0.29) is 30.3 Å². The van der Waals surface area contributed by atoms with Crippen LogP contribution in [0.25, 0.3) is 10.9 Å². The van der Waals surface area contributed by atoms with E-state index in [2.05, 4.69) is 15.6 Å². The summed E-state index contributed by atoms with van der Waals surface area (Å²) in [7, 11) is 0. The highest BCUT2D eigenvalue weighted by atomic mass is 35.5. The zero-order valence-corrected chi connectivity index (χ0v) is 14.4. The van der Waals surface area contributed by atoms with Gasteiger partial charge in [0.15, 0.2) is 0 Å². The Morgan fingerprint density at radius 2 is 2.12 bits per heavy atom. The van der Waals surface area contributed by atoms with Crippen LogP contribution in [0, 0.1) is 17.2 Å². The van der Waals surface area contributed by atoms with Crippen LogP contribution in [0.5, 0.6) is 0 Å². The molecule has 130 valence electrons. The number of nitrogens with one attached hydrogen (secondary N) is 3. The first-order valence-corrected chi connectivity index (χ1v) is 8.70. The Bertz CT molecular complexity index is 839. The molecule has 0 spiro atoms. The fourth-order valence-electron chi connectivity index (χ4n) is 3.36. The number of hydrogen-bond acceptors (Lipinski definition) is 3. The lowest BCUT2D eigenvalue weighted by atomic mass is 9.83. The number of carbonyl (C=O) groups is 2. The average molecular weight is 359 g/mol. The van der Waals surface area contributed by atoms with Crippen LogP contribution in [0.15, 0.2) is 24.3 Å². The van der Waals surface area contributed by atoms with Gasteiger partial charge < -0.3 is 15.6 Å². The van der Waals surface area contributed by atoms with Crippen molar-refractivity contribution in [2.45, 2.75) is 31.7 Å². The second kappa shape index (κ2) is 7.58. The number of hydrogen-bond donors (Lipinski definition) is 3. The molecular formula is C18H19ClN4O2. The predicted octanol–water partition coefficient (Wildman–Crippen LogP) is 2.75. The summed E-state index contributed by atoms with van der Waals surface area (Å²) >= 11 is 6.14. The van der Waals surface area contributed by atoms with Gasteiger partial charge in [0.1, 0.15) is 12.2 Å². The molecule has 1 heterocycles. The first-order valence-electron chi connectivity index (χ1n) is 8.33. The summed E-state index contributed by atoms with van der Waals surface area (Å²) in [5, 5.41) is 15.6. The van der Waals surface area contributed by atoms with Gasteiger partial charge in [0.05, 0.1) is 22.5 Å². The number of para-hydroxylation sites is 1. The minimum Gasteiger partial charge on any atom is -0.349 e. The molecule has 1 aliphatic carbocycles. The number of aromatic nitrogens is 1. The van der Waals surface area contributed by atoms with E-state index in [1.165, 1.54) is 0 Å². The molecule has 0 radical (unpaired) electrons. The molecule has 0 bridgehead atoms. The van der Waals surface area contributed by atoms with Crippen LogP contribution in [-0.2, 0) is 4.79 Å². The van der Waals surface area contributed by atoms with Crippen molar-refractivity contribution < 1.29 is 9.59 Å². The Morgan fingerprint density at radius 3 is 2.88 bits per heavy atom. The van der Waals surface area contributed by atoms with Gasteiger partial charge in [-0.25, -0.2) is 0 Å². The number of nitrogens with zero attached hydrogens (tertiary/aromatic N) is 1. The van der Waals surface area contributed by atoms with Crippen molar-refractivity contribution >= 4 is 34.3 Å². The molecule has 1 fully saturated rings. The smallest absolute Gasteiger partial charge is 0.267 e. The molecule has 0 unspecified atom stereocenters. The number of rotatable bonds is 4. The lowest BCUT2D eigenvalue weighted by Crippen LogP contribution is -2.48.